The highest BCUT2D eigenvalue weighted by Crippen LogP contribution is 2.16. The van der Waals surface area contributed by atoms with Gasteiger partial charge in [-0.15, -0.1) is 0 Å². The molecule has 0 bridgehead atoms. The Morgan fingerprint density at radius 1 is 1.41 bits per heavy atom. The highest BCUT2D eigenvalue weighted by molar-refractivity contribution is 5.92. The predicted octanol–water partition coefficient (Wildman–Crippen LogP) is 2.56. The molecule has 0 saturated carbocycles. The van der Waals surface area contributed by atoms with Crippen molar-refractivity contribution in [3.8, 4) is 0 Å². The quantitative estimate of drug-likeness (QED) is 0.800. The van der Waals surface area contributed by atoms with Crippen LogP contribution in [0.25, 0.3) is 0 Å². The van der Waals surface area contributed by atoms with Crippen molar-refractivity contribution in [2.75, 3.05) is 6.54 Å². The SMILES string of the molecule is CCCCCNC(=O)c1cncn1C(C)(C)C. The second kappa shape index (κ2) is 5.84. The Morgan fingerprint density at radius 3 is 2.71 bits per heavy atom. The first-order valence-corrected chi connectivity index (χ1v) is 6.28. The van der Waals surface area contributed by atoms with Gasteiger partial charge in [0.1, 0.15) is 5.69 Å². The summed E-state index contributed by atoms with van der Waals surface area (Å²) in [4.78, 5) is 16.0. The molecule has 0 unspecified atom stereocenters. The summed E-state index contributed by atoms with van der Waals surface area (Å²) in [5.41, 5.74) is 0.515. The lowest BCUT2D eigenvalue weighted by molar-refractivity contribution is 0.0937. The molecule has 1 aromatic heterocycles. The molecule has 0 aliphatic heterocycles. The Labute approximate surface area is 103 Å². The Kier molecular flexibility index (Phi) is 4.73. The molecule has 4 heteroatoms. The molecule has 0 radical (unpaired) electrons. The summed E-state index contributed by atoms with van der Waals surface area (Å²) in [5, 5.41) is 2.93. The summed E-state index contributed by atoms with van der Waals surface area (Å²) in [6.07, 6.45) is 6.68. The van der Waals surface area contributed by atoms with Gasteiger partial charge in [0, 0.05) is 12.1 Å². The number of amides is 1. The van der Waals surface area contributed by atoms with E-state index < -0.39 is 0 Å². The van der Waals surface area contributed by atoms with Crippen LogP contribution >= 0.6 is 0 Å². The molecule has 0 atom stereocenters. The number of unbranched alkanes of at least 4 members (excludes halogenated alkanes) is 2. The van der Waals surface area contributed by atoms with E-state index in [1.54, 1.807) is 12.5 Å². The van der Waals surface area contributed by atoms with Gasteiger partial charge in [0.15, 0.2) is 0 Å². The van der Waals surface area contributed by atoms with Crippen LogP contribution < -0.4 is 5.32 Å². The molecule has 0 aromatic carbocycles. The van der Waals surface area contributed by atoms with Crippen molar-refractivity contribution >= 4 is 5.91 Å². The molecule has 0 saturated heterocycles. The molecule has 1 rings (SSSR count). The number of carbonyl (C=O) groups is 1. The van der Waals surface area contributed by atoms with Crippen LogP contribution in [-0.2, 0) is 5.54 Å². The Bertz CT molecular complexity index is 363. The number of imidazole rings is 1. The first-order chi connectivity index (χ1) is 7.96. The van der Waals surface area contributed by atoms with E-state index in [0.29, 0.717) is 5.69 Å². The Balaban J connectivity index is 2.61. The minimum atomic E-state index is -0.118. The van der Waals surface area contributed by atoms with Gasteiger partial charge in [-0.1, -0.05) is 19.8 Å². The van der Waals surface area contributed by atoms with Crippen LogP contribution in [0.5, 0.6) is 0 Å². The lowest BCUT2D eigenvalue weighted by Gasteiger charge is -2.23. The number of hydrogen-bond acceptors (Lipinski definition) is 2. The summed E-state index contributed by atoms with van der Waals surface area (Å²) >= 11 is 0. The van der Waals surface area contributed by atoms with Crippen LogP contribution in [0.15, 0.2) is 12.5 Å². The fraction of sp³-hybridized carbons (Fsp3) is 0.692. The molecule has 0 aliphatic rings. The first kappa shape index (κ1) is 13.7. The average Bonchev–Trinajstić information content (AvgIpc) is 2.72. The number of carbonyl (C=O) groups excluding carboxylic acids is 1. The van der Waals surface area contributed by atoms with E-state index >= 15 is 0 Å². The van der Waals surface area contributed by atoms with Crippen LogP contribution in [0.2, 0.25) is 0 Å². The van der Waals surface area contributed by atoms with Crippen molar-refractivity contribution < 1.29 is 4.79 Å². The van der Waals surface area contributed by atoms with Gasteiger partial charge in [-0.05, 0) is 27.2 Å². The predicted molar refractivity (Wildman–Crippen MR) is 69.1 cm³/mol. The smallest absolute Gasteiger partial charge is 0.269 e. The molecule has 0 spiro atoms. The van der Waals surface area contributed by atoms with Crippen LogP contribution in [0.1, 0.15) is 57.4 Å². The van der Waals surface area contributed by atoms with Crippen LogP contribution in [0.4, 0.5) is 0 Å². The van der Waals surface area contributed by atoms with Crippen molar-refractivity contribution in [2.45, 2.75) is 52.5 Å². The molecular formula is C13H23N3O. The maximum absolute atomic E-state index is 12.0. The second-order valence-corrected chi connectivity index (χ2v) is 5.28. The molecular weight excluding hydrogens is 214 g/mol. The Hall–Kier alpha value is -1.32. The number of hydrogen-bond donors (Lipinski definition) is 1. The zero-order chi connectivity index (χ0) is 12.9. The Morgan fingerprint density at radius 2 is 2.12 bits per heavy atom. The van der Waals surface area contributed by atoms with Crippen molar-refractivity contribution in [2.24, 2.45) is 0 Å². The molecule has 0 aliphatic carbocycles. The number of aromatic nitrogens is 2. The van der Waals surface area contributed by atoms with Crippen molar-refractivity contribution in [1.82, 2.24) is 14.9 Å². The standard InChI is InChI=1S/C13H23N3O/c1-5-6-7-8-15-12(17)11-9-14-10-16(11)13(2,3)4/h9-10H,5-8H2,1-4H3,(H,15,17). The van der Waals surface area contributed by atoms with Gasteiger partial charge in [0.05, 0.1) is 12.5 Å². The highest BCUT2D eigenvalue weighted by Gasteiger charge is 2.20. The van der Waals surface area contributed by atoms with Gasteiger partial charge in [0.25, 0.3) is 5.91 Å². The molecule has 1 amide bonds. The maximum atomic E-state index is 12.0. The van der Waals surface area contributed by atoms with E-state index in [2.05, 4.69) is 38.0 Å². The lowest BCUT2D eigenvalue weighted by Crippen LogP contribution is -2.31. The molecule has 1 aromatic rings. The zero-order valence-corrected chi connectivity index (χ0v) is 11.3. The minimum absolute atomic E-state index is 0.0338. The van der Waals surface area contributed by atoms with Crippen molar-refractivity contribution in [3.63, 3.8) is 0 Å². The van der Waals surface area contributed by atoms with Crippen LogP contribution in [0, 0.1) is 0 Å². The van der Waals surface area contributed by atoms with Crippen molar-refractivity contribution in [3.05, 3.63) is 18.2 Å². The molecule has 17 heavy (non-hydrogen) atoms. The molecule has 96 valence electrons. The largest absolute Gasteiger partial charge is 0.351 e. The van der Waals surface area contributed by atoms with E-state index in [9.17, 15) is 4.79 Å². The van der Waals surface area contributed by atoms with Gasteiger partial charge in [-0.3, -0.25) is 4.79 Å². The van der Waals surface area contributed by atoms with Crippen molar-refractivity contribution in [1.29, 1.82) is 0 Å². The van der Waals surface area contributed by atoms with Gasteiger partial charge in [-0.2, -0.15) is 0 Å². The summed E-state index contributed by atoms with van der Waals surface area (Å²) in [5.74, 6) is -0.0338. The highest BCUT2D eigenvalue weighted by atomic mass is 16.1. The summed E-state index contributed by atoms with van der Waals surface area (Å²) in [6.45, 7) is 9.06. The van der Waals surface area contributed by atoms with E-state index in [0.717, 1.165) is 25.8 Å². The third kappa shape index (κ3) is 3.88. The molecule has 1 heterocycles. The fourth-order valence-electron chi connectivity index (χ4n) is 1.67. The summed E-state index contributed by atoms with van der Waals surface area (Å²) in [6, 6.07) is 0. The number of nitrogens with zero attached hydrogens (tertiary/aromatic N) is 2. The van der Waals surface area contributed by atoms with Gasteiger partial charge in [-0.25, -0.2) is 4.98 Å². The topological polar surface area (TPSA) is 46.9 Å². The molecule has 0 fully saturated rings. The third-order valence-corrected chi connectivity index (χ3v) is 2.66. The normalized spacial score (nSPS) is 11.5. The summed E-state index contributed by atoms with van der Waals surface area (Å²) in [7, 11) is 0. The molecule has 1 N–H and O–H groups in total. The van der Waals surface area contributed by atoms with E-state index in [1.165, 1.54) is 0 Å². The average molecular weight is 237 g/mol. The zero-order valence-electron chi connectivity index (χ0n) is 11.3. The van der Waals surface area contributed by atoms with Crippen LogP contribution in [0.3, 0.4) is 0 Å². The van der Waals surface area contributed by atoms with E-state index in [4.69, 9.17) is 0 Å². The number of nitrogens with one attached hydrogen (secondary N) is 1. The van der Waals surface area contributed by atoms with Gasteiger partial charge in [0.2, 0.25) is 0 Å². The molecule has 4 nitrogen and oxygen atoms in total. The maximum Gasteiger partial charge on any atom is 0.269 e. The van der Waals surface area contributed by atoms with E-state index in [-0.39, 0.29) is 11.4 Å². The minimum Gasteiger partial charge on any atom is -0.351 e. The van der Waals surface area contributed by atoms with Gasteiger partial charge >= 0.3 is 0 Å². The number of rotatable bonds is 5. The fourth-order valence-corrected chi connectivity index (χ4v) is 1.67. The third-order valence-electron chi connectivity index (χ3n) is 2.66. The van der Waals surface area contributed by atoms with Gasteiger partial charge < -0.3 is 9.88 Å². The lowest BCUT2D eigenvalue weighted by atomic mass is 10.1. The second-order valence-electron chi connectivity index (χ2n) is 5.28. The van der Waals surface area contributed by atoms with Crippen LogP contribution in [-0.4, -0.2) is 22.0 Å². The first-order valence-electron chi connectivity index (χ1n) is 6.28. The monoisotopic (exact) mass is 237 g/mol. The summed E-state index contributed by atoms with van der Waals surface area (Å²) < 4.78 is 1.90. The van der Waals surface area contributed by atoms with E-state index in [1.807, 2.05) is 4.57 Å².